The van der Waals surface area contributed by atoms with E-state index in [0.29, 0.717) is 0 Å². The Morgan fingerprint density at radius 1 is 1.40 bits per heavy atom. The lowest BCUT2D eigenvalue weighted by Gasteiger charge is -1.98. The van der Waals surface area contributed by atoms with Crippen LogP contribution in [0.15, 0.2) is 28.7 Å². The Morgan fingerprint density at radius 2 is 2.13 bits per heavy atom. The molecule has 0 radical (unpaired) electrons. The normalized spacial score (nSPS) is 10.3. The topological polar surface area (TPSA) is 50.9 Å². The lowest BCUT2D eigenvalue weighted by atomic mass is 10.2. The number of nitrogens with one attached hydrogen (secondary N) is 1. The third kappa shape index (κ3) is 2.04. The Balaban J connectivity index is 2.50. The molecule has 3 nitrogen and oxygen atoms in total. The van der Waals surface area contributed by atoms with E-state index in [1.807, 2.05) is 31.2 Å². The fraction of sp³-hybridized carbons (Fsp3) is 0.100. The van der Waals surface area contributed by atoms with Crippen LogP contribution in [-0.2, 0) is 0 Å². The highest BCUT2D eigenvalue weighted by atomic mass is 79.9. The molecule has 0 amide bonds. The Kier molecular flexibility index (Phi) is 3.04. The van der Waals surface area contributed by atoms with E-state index in [0.717, 1.165) is 25.7 Å². The number of hydrogen-bond donors (Lipinski definition) is 2. The number of nitrogen functional groups attached to an aromatic ring is 1. The Bertz CT molecular complexity index is 481. The van der Waals surface area contributed by atoms with Crippen molar-refractivity contribution in [2.45, 2.75) is 6.92 Å². The number of nitrogens with zero attached hydrogens (tertiary/aromatic N) is 1. The van der Waals surface area contributed by atoms with Crippen LogP contribution < -0.4 is 11.3 Å². The molecule has 2 aromatic rings. The molecule has 1 aromatic heterocycles. The van der Waals surface area contributed by atoms with Crippen molar-refractivity contribution in [3.8, 4) is 10.6 Å². The second-order valence-electron chi connectivity index (χ2n) is 3.06. The molecule has 0 saturated heterocycles. The van der Waals surface area contributed by atoms with E-state index in [-0.39, 0.29) is 0 Å². The molecule has 15 heavy (non-hydrogen) atoms. The highest BCUT2D eigenvalue weighted by Gasteiger charge is 2.10. The first-order valence-electron chi connectivity index (χ1n) is 4.41. The van der Waals surface area contributed by atoms with Gasteiger partial charge in [0.2, 0.25) is 0 Å². The molecular weight excluding hydrogens is 274 g/mol. The summed E-state index contributed by atoms with van der Waals surface area (Å²) in [5.41, 5.74) is 4.66. The van der Waals surface area contributed by atoms with Crippen LogP contribution in [0.3, 0.4) is 0 Å². The molecule has 78 valence electrons. The molecule has 0 atom stereocenters. The number of hydrazine groups is 1. The predicted octanol–water partition coefficient (Wildman–Crippen LogP) is 3.17. The third-order valence-corrected chi connectivity index (χ3v) is 3.85. The quantitative estimate of drug-likeness (QED) is 0.658. The summed E-state index contributed by atoms with van der Waals surface area (Å²) in [5.74, 6) is 5.39. The average molecular weight is 284 g/mol. The Labute approximate surface area is 100 Å². The number of halogens is 1. The first-order chi connectivity index (χ1) is 7.22. The summed E-state index contributed by atoms with van der Waals surface area (Å²) in [4.78, 5) is 4.46. The van der Waals surface area contributed by atoms with E-state index in [4.69, 9.17) is 5.84 Å². The summed E-state index contributed by atoms with van der Waals surface area (Å²) in [6.07, 6.45) is 0. The van der Waals surface area contributed by atoms with E-state index in [1.54, 1.807) is 11.3 Å². The molecule has 1 heterocycles. The van der Waals surface area contributed by atoms with Gasteiger partial charge in [0.25, 0.3) is 0 Å². The molecule has 2 rings (SSSR count). The van der Waals surface area contributed by atoms with Crippen molar-refractivity contribution in [3.63, 3.8) is 0 Å². The number of rotatable bonds is 2. The summed E-state index contributed by atoms with van der Waals surface area (Å²) >= 11 is 5.05. The summed E-state index contributed by atoms with van der Waals surface area (Å²) in [7, 11) is 0. The Hall–Kier alpha value is -0.910. The van der Waals surface area contributed by atoms with Crippen LogP contribution in [0.4, 0.5) is 5.00 Å². The molecule has 0 bridgehead atoms. The molecule has 0 aliphatic heterocycles. The molecule has 3 N–H and O–H groups in total. The van der Waals surface area contributed by atoms with Crippen LogP contribution >= 0.6 is 27.3 Å². The zero-order valence-corrected chi connectivity index (χ0v) is 10.5. The fourth-order valence-corrected chi connectivity index (χ4v) is 2.80. The molecule has 0 unspecified atom stereocenters. The first kappa shape index (κ1) is 10.6. The summed E-state index contributed by atoms with van der Waals surface area (Å²) in [6, 6.07) is 8.01. The van der Waals surface area contributed by atoms with Gasteiger partial charge in [-0.05, 0) is 13.0 Å². The van der Waals surface area contributed by atoms with Gasteiger partial charge in [0.15, 0.2) is 0 Å². The van der Waals surface area contributed by atoms with Gasteiger partial charge in [0.05, 0.1) is 5.69 Å². The number of nitrogens with two attached hydrogens (primary N) is 1. The minimum atomic E-state index is 0.903. The van der Waals surface area contributed by atoms with E-state index in [9.17, 15) is 0 Å². The average Bonchev–Trinajstić information content (AvgIpc) is 2.60. The van der Waals surface area contributed by atoms with Crippen molar-refractivity contribution >= 4 is 32.3 Å². The molecule has 0 saturated carbocycles. The second-order valence-corrected chi connectivity index (χ2v) is 4.91. The van der Waals surface area contributed by atoms with Gasteiger partial charge in [-0.15, -0.1) is 0 Å². The maximum atomic E-state index is 5.39. The van der Waals surface area contributed by atoms with Gasteiger partial charge in [-0.3, -0.25) is 0 Å². The minimum Gasteiger partial charge on any atom is -0.314 e. The lowest BCUT2D eigenvalue weighted by Crippen LogP contribution is -2.05. The van der Waals surface area contributed by atoms with Crippen LogP contribution in [-0.4, -0.2) is 4.98 Å². The van der Waals surface area contributed by atoms with E-state index >= 15 is 0 Å². The van der Waals surface area contributed by atoms with Crippen molar-refractivity contribution < 1.29 is 0 Å². The third-order valence-electron chi connectivity index (χ3n) is 2.03. The van der Waals surface area contributed by atoms with Gasteiger partial charge in [0, 0.05) is 10.0 Å². The van der Waals surface area contributed by atoms with Crippen molar-refractivity contribution in [2.75, 3.05) is 5.43 Å². The van der Waals surface area contributed by atoms with E-state index in [1.165, 1.54) is 0 Å². The number of benzene rings is 1. The van der Waals surface area contributed by atoms with E-state index < -0.39 is 0 Å². The molecule has 0 fully saturated rings. The number of aromatic nitrogens is 1. The van der Waals surface area contributed by atoms with Crippen LogP contribution in [0.25, 0.3) is 10.6 Å². The van der Waals surface area contributed by atoms with Crippen LogP contribution in [0, 0.1) is 6.92 Å². The maximum Gasteiger partial charge on any atom is 0.126 e. The molecule has 0 aliphatic rings. The fourth-order valence-electron chi connectivity index (χ4n) is 1.28. The molecule has 1 aromatic carbocycles. The monoisotopic (exact) mass is 283 g/mol. The number of anilines is 1. The molecular formula is C10H10BrN3S. The molecule has 0 aliphatic carbocycles. The number of thiazole rings is 1. The van der Waals surface area contributed by atoms with Gasteiger partial charge in [-0.1, -0.05) is 45.5 Å². The van der Waals surface area contributed by atoms with Crippen molar-refractivity contribution in [3.05, 3.63) is 34.4 Å². The van der Waals surface area contributed by atoms with Crippen LogP contribution in [0.5, 0.6) is 0 Å². The van der Waals surface area contributed by atoms with Gasteiger partial charge in [0.1, 0.15) is 10.0 Å². The van der Waals surface area contributed by atoms with Crippen molar-refractivity contribution in [1.29, 1.82) is 0 Å². The summed E-state index contributed by atoms with van der Waals surface area (Å²) in [6.45, 7) is 1.94. The number of hydrogen-bond acceptors (Lipinski definition) is 4. The highest BCUT2D eigenvalue weighted by molar-refractivity contribution is 9.10. The van der Waals surface area contributed by atoms with Crippen LogP contribution in [0.2, 0.25) is 0 Å². The van der Waals surface area contributed by atoms with Gasteiger partial charge in [-0.25, -0.2) is 10.8 Å². The molecule has 5 heteroatoms. The smallest absolute Gasteiger partial charge is 0.126 e. The van der Waals surface area contributed by atoms with Gasteiger partial charge in [-0.2, -0.15) is 0 Å². The SMILES string of the molecule is Cc1nc(-c2ccccc2Br)sc1NN. The highest BCUT2D eigenvalue weighted by Crippen LogP contribution is 2.34. The minimum absolute atomic E-state index is 0.903. The lowest BCUT2D eigenvalue weighted by molar-refractivity contribution is 1.24. The van der Waals surface area contributed by atoms with Crippen LogP contribution in [0.1, 0.15) is 5.69 Å². The summed E-state index contributed by atoms with van der Waals surface area (Å²) < 4.78 is 1.04. The predicted molar refractivity (Wildman–Crippen MR) is 67.8 cm³/mol. The maximum absolute atomic E-state index is 5.39. The Morgan fingerprint density at radius 3 is 2.73 bits per heavy atom. The second kappa shape index (κ2) is 4.30. The zero-order valence-electron chi connectivity index (χ0n) is 8.12. The number of aryl methyl sites for hydroxylation is 1. The summed E-state index contributed by atoms with van der Waals surface area (Å²) in [5, 5.41) is 1.87. The molecule has 0 spiro atoms. The van der Waals surface area contributed by atoms with Crippen molar-refractivity contribution in [2.24, 2.45) is 5.84 Å². The van der Waals surface area contributed by atoms with Gasteiger partial charge < -0.3 is 5.43 Å². The van der Waals surface area contributed by atoms with Crippen molar-refractivity contribution in [1.82, 2.24) is 4.98 Å². The van der Waals surface area contributed by atoms with Gasteiger partial charge >= 0.3 is 0 Å². The zero-order chi connectivity index (χ0) is 10.8. The largest absolute Gasteiger partial charge is 0.314 e. The first-order valence-corrected chi connectivity index (χ1v) is 6.02. The van der Waals surface area contributed by atoms with E-state index in [2.05, 4.69) is 26.3 Å². The standard InChI is InChI=1S/C10H10BrN3S/c1-6-9(14-12)15-10(13-6)7-4-2-3-5-8(7)11/h2-5,14H,12H2,1H3.